The Balaban J connectivity index is 1.46. The van der Waals surface area contributed by atoms with Crippen LogP contribution in [-0.2, 0) is 6.54 Å². The molecule has 2 aromatic heterocycles. The van der Waals surface area contributed by atoms with Gasteiger partial charge in [-0.2, -0.15) is 4.98 Å². The lowest BCUT2D eigenvalue weighted by molar-refractivity contribution is 0.253. The van der Waals surface area contributed by atoms with Gasteiger partial charge in [-0.3, -0.25) is 14.4 Å². The number of halogens is 2. The van der Waals surface area contributed by atoms with Crippen molar-refractivity contribution in [3.8, 4) is 11.1 Å². The minimum Gasteiger partial charge on any atom is -0.324 e. The quantitative estimate of drug-likeness (QED) is 0.210. The lowest BCUT2D eigenvalue weighted by Crippen LogP contribution is -2.29. The van der Waals surface area contributed by atoms with Gasteiger partial charge in [0.1, 0.15) is 11.5 Å². The number of rotatable bonds is 8. The van der Waals surface area contributed by atoms with Crippen LogP contribution >= 0.6 is 11.6 Å². The zero-order chi connectivity index (χ0) is 30.7. The lowest BCUT2D eigenvalue weighted by Gasteiger charge is -2.29. The Kier molecular flexibility index (Phi) is 9.37. The molecule has 0 atom stereocenters. The molecule has 2 aromatic carbocycles. The molecule has 4 aromatic rings. The Morgan fingerprint density at radius 3 is 2.56 bits per heavy atom. The molecule has 5 rings (SSSR count). The Morgan fingerprint density at radius 2 is 1.91 bits per heavy atom. The summed E-state index contributed by atoms with van der Waals surface area (Å²) in [5.41, 5.74) is 5.62. The van der Waals surface area contributed by atoms with Crippen LogP contribution in [-0.4, -0.2) is 52.3 Å². The summed E-state index contributed by atoms with van der Waals surface area (Å²) >= 11 is 6.78. The number of anilines is 2. The van der Waals surface area contributed by atoms with Crippen molar-refractivity contribution in [3.63, 3.8) is 0 Å². The number of hydrogen-bond acceptors (Lipinski definition) is 6. The summed E-state index contributed by atoms with van der Waals surface area (Å²) in [5, 5.41) is 4.30. The molecule has 0 aliphatic carbocycles. The van der Waals surface area contributed by atoms with Gasteiger partial charge in [0.05, 0.1) is 0 Å². The van der Waals surface area contributed by atoms with Gasteiger partial charge in [-0.25, -0.2) is 9.37 Å². The predicted octanol–water partition coefficient (Wildman–Crippen LogP) is 7.71. The molecular formula is C34H38ClFN6O. The van der Waals surface area contributed by atoms with E-state index in [-0.39, 0.29) is 17.3 Å². The van der Waals surface area contributed by atoms with E-state index in [1.807, 2.05) is 44.2 Å². The van der Waals surface area contributed by atoms with Gasteiger partial charge in [-0.15, -0.1) is 0 Å². The van der Waals surface area contributed by atoms with Crippen molar-refractivity contribution in [1.29, 1.82) is 0 Å². The largest absolute Gasteiger partial charge is 0.324 e. The monoisotopic (exact) mass is 600 g/mol. The molecule has 1 fully saturated rings. The molecule has 1 aliphatic rings. The maximum Gasteiger partial charge on any atom is 0.260 e. The van der Waals surface area contributed by atoms with Gasteiger partial charge in [0.15, 0.2) is 0 Å². The van der Waals surface area contributed by atoms with E-state index < -0.39 is 0 Å². The van der Waals surface area contributed by atoms with E-state index in [9.17, 15) is 4.79 Å². The number of nitrogens with one attached hydrogen (secondary N) is 1. The molecule has 1 N–H and O–H groups in total. The van der Waals surface area contributed by atoms with Crippen LogP contribution in [0.3, 0.4) is 0 Å². The minimum absolute atomic E-state index is 0.196. The summed E-state index contributed by atoms with van der Waals surface area (Å²) in [6, 6.07) is 12.7. The molecule has 0 spiro atoms. The summed E-state index contributed by atoms with van der Waals surface area (Å²) in [5.74, 6) is 0.288. The average molecular weight is 601 g/mol. The number of aliphatic imine (C=N–C) groups is 1. The first-order valence-corrected chi connectivity index (χ1v) is 15.2. The van der Waals surface area contributed by atoms with Crippen molar-refractivity contribution >= 4 is 45.6 Å². The van der Waals surface area contributed by atoms with Crippen LogP contribution in [0, 0.1) is 5.82 Å². The first kappa shape index (κ1) is 30.6. The van der Waals surface area contributed by atoms with E-state index in [0.717, 1.165) is 54.8 Å². The molecule has 224 valence electrons. The first-order valence-electron chi connectivity index (χ1n) is 14.8. The summed E-state index contributed by atoms with van der Waals surface area (Å²) in [4.78, 5) is 29.5. The maximum absolute atomic E-state index is 15.1. The van der Waals surface area contributed by atoms with Crippen LogP contribution in [0.2, 0.25) is 5.02 Å². The summed E-state index contributed by atoms with van der Waals surface area (Å²) in [6.45, 7) is 8.30. The van der Waals surface area contributed by atoms with Crippen molar-refractivity contribution in [3.05, 3.63) is 87.1 Å². The van der Waals surface area contributed by atoms with Crippen LogP contribution in [0.25, 0.3) is 27.7 Å². The Labute approximate surface area is 257 Å². The number of allylic oxidation sites excluding steroid dienone is 2. The van der Waals surface area contributed by atoms with Crippen LogP contribution in [0.15, 0.2) is 64.5 Å². The second kappa shape index (κ2) is 13.2. The van der Waals surface area contributed by atoms with Crippen LogP contribution in [0.1, 0.15) is 57.1 Å². The molecule has 0 bridgehead atoms. The highest BCUT2D eigenvalue weighted by molar-refractivity contribution is 6.34. The van der Waals surface area contributed by atoms with Gasteiger partial charge < -0.3 is 10.2 Å². The fraction of sp³-hybridized carbons (Fsp3) is 0.353. The normalized spacial score (nSPS) is 15.3. The molecular weight excluding hydrogens is 563 g/mol. The smallest absolute Gasteiger partial charge is 0.260 e. The fourth-order valence-electron chi connectivity index (χ4n) is 5.79. The maximum atomic E-state index is 15.1. The second-order valence-electron chi connectivity index (χ2n) is 11.0. The van der Waals surface area contributed by atoms with E-state index >= 15 is 4.39 Å². The Hall–Kier alpha value is -3.88. The molecule has 7 nitrogen and oxygen atoms in total. The van der Waals surface area contributed by atoms with Gasteiger partial charge in [0.25, 0.3) is 5.56 Å². The van der Waals surface area contributed by atoms with Crippen LogP contribution < -0.4 is 10.9 Å². The van der Waals surface area contributed by atoms with Crippen LogP contribution in [0.5, 0.6) is 0 Å². The zero-order valence-corrected chi connectivity index (χ0v) is 26.2. The van der Waals surface area contributed by atoms with Crippen molar-refractivity contribution in [2.45, 2.75) is 52.5 Å². The van der Waals surface area contributed by atoms with Gasteiger partial charge in [-0.05, 0) is 100 Å². The summed E-state index contributed by atoms with van der Waals surface area (Å²) in [7, 11) is 3.87. The van der Waals surface area contributed by atoms with Gasteiger partial charge in [-0.1, -0.05) is 42.8 Å². The number of aryl methyl sites for hydroxylation is 1. The van der Waals surface area contributed by atoms with Gasteiger partial charge >= 0.3 is 0 Å². The minimum atomic E-state index is -0.229. The highest BCUT2D eigenvalue weighted by atomic mass is 35.5. The molecule has 1 saturated heterocycles. The molecule has 9 heteroatoms. The van der Waals surface area contributed by atoms with E-state index in [1.54, 1.807) is 23.9 Å². The molecule has 0 saturated carbocycles. The third-order valence-corrected chi connectivity index (χ3v) is 8.57. The number of piperidine rings is 1. The van der Waals surface area contributed by atoms with Crippen molar-refractivity contribution < 1.29 is 4.39 Å². The Morgan fingerprint density at radius 1 is 1.14 bits per heavy atom. The van der Waals surface area contributed by atoms with E-state index in [0.29, 0.717) is 45.4 Å². The zero-order valence-electron chi connectivity index (χ0n) is 25.4. The molecule has 0 radical (unpaired) electrons. The SMILES string of the molecule is CC/C=C(\C(C)=NC)c1ccc(-c2cc3cnc(Nc4ccc(C5CCN(C)CC5)c(F)c4)nc3n(CC)c2=O)c(Cl)c1. The average Bonchev–Trinajstić information content (AvgIpc) is 3.00. The molecule has 0 unspecified atom stereocenters. The Bertz CT molecular complexity index is 1770. The number of hydrogen-bond donors (Lipinski definition) is 1. The van der Waals surface area contributed by atoms with E-state index in [1.165, 1.54) is 6.07 Å². The molecule has 43 heavy (non-hydrogen) atoms. The third kappa shape index (κ3) is 6.40. The summed E-state index contributed by atoms with van der Waals surface area (Å²) < 4.78 is 16.7. The highest BCUT2D eigenvalue weighted by Gasteiger charge is 2.22. The number of benzene rings is 2. The standard InChI is InChI=1S/C34H38ClFN6O/c1-6-8-26(21(3)37-4)23-9-11-28(30(35)18-23)29-17-24-20-38-34(40-32(24)42(7-2)33(29)43)39-25-10-12-27(31(36)19-25)22-13-15-41(5)16-14-22/h8-12,17-20,22H,6-7,13-16H2,1-5H3,(H,38,39,40)/b26-8+,37-21?. The molecule has 3 heterocycles. The van der Waals surface area contributed by atoms with Crippen molar-refractivity contribution in [2.24, 2.45) is 4.99 Å². The van der Waals surface area contributed by atoms with Crippen LogP contribution in [0.4, 0.5) is 16.0 Å². The number of pyridine rings is 1. The predicted molar refractivity (Wildman–Crippen MR) is 176 cm³/mol. The highest BCUT2D eigenvalue weighted by Crippen LogP contribution is 2.33. The van der Waals surface area contributed by atoms with Crippen molar-refractivity contribution in [1.82, 2.24) is 19.4 Å². The summed E-state index contributed by atoms with van der Waals surface area (Å²) in [6.07, 6.45) is 6.56. The lowest BCUT2D eigenvalue weighted by atomic mass is 9.89. The number of likely N-dealkylation sites (tertiary alicyclic amines) is 1. The van der Waals surface area contributed by atoms with Gasteiger partial charge in [0.2, 0.25) is 5.95 Å². The van der Waals surface area contributed by atoms with E-state index in [2.05, 4.69) is 45.2 Å². The first-order chi connectivity index (χ1) is 20.7. The fourth-order valence-corrected chi connectivity index (χ4v) is 6.07. The molecule has 0 amide bonds. The topological polar surface area (TPSA) is 75.4 Å². The van der Waals surface area contributed by atoms with Crippen molar-refractivity contribution in [2.75, 3.05) is 32.5 Å². The second-order valence-corrected chi connectivity index (χ2v) is 11.5. The number of fused-ring (bicyclic) bond motifs is 1. The van der Waals surface area contributed by atoms with Gasteiger partial charge in [0, 0.05) is 52.7 Å². The third-order valence-electron chi connectivity index (χ3n) is 8.26. The molecule has 1 aliphatic heterocycles. The number of aromatic nitrogens is 3. The van der Waals surface area contributed by atoms with E-state index in [4.69, 9.17) is 11.6 Å². The number of nitrogens with zero attached hydrogens (tertiary/aromatic N) is 5.